The summed E-state index contributed by atoms with van der Waals surface area (Å²) in [5.74, 6) is 0.0203. The van der Waals surface area contributed by atoms with Gasteiger partial charge >= 0.3 is 0 Å². The number of aromatic nitrogens is 2. The Hall–Kier alpha value is -2.14. The van der Waals surface area contributed by atoms with Crippen molar-refractivity contribution in [1.82, 2.24) is 9.55 Å². The van der Waals surface area contributed by atoms with Crippen LogP contribution in [0.1, 0.15) is 11.1 Å². The standard InChI is InChI=1S/C15H12N2O2S/c18-20(19)10-12-6-2-1-5-11(12)9-17-14-8-4-3-7-13(14)16-15(17)20/h1-8H,9-10H2. The zero-order valence-corrected chi connectivity index (χ0v) is 11.5. The highest BCUT2D eigenvalue weighted by Gasteiger charge is 2.28. The van der Waals surface area contributed by atoms with Crippen molar-refractivity contribution in [2.45, 2.75) is 17.5 Å². The normalized spacial score (nSPS) is 16.4. The molecule has 0 aliphatic carbocycles. The predicted molar refractivity (Wildman–Crippen MR) is 76.2 cm³/mol. The maximum Gasteiger partial charge on any atom is 0.229 e. The van der Waals surface area contributed by atoms with Crippen molar-refractivity contribution in [2.75, 3.05) is 0 Å². The number of benzene rings is 2. The lowest BCUT2D eigenvalue weighted by atomic mass is 10.1. The van der Waals surface area contributed by atoms with E-state index in [0.717, 1.165) is 22.2 Å². The molecule has 2 heterocycles. The Morgan fingerprint density at radius 1 is 0.950 bits per heavy atom. The zero-order valence-electron chi connectivity index (χ0n) is 10.7. The summed E-state index contributed by atoms with van der Waals surface area (Å²) in [4.78, 5) is 4.32. The maximum absolute atomic E-state index is 12.5. The van der Waals surface area contributed by atoms with Gasteiger partial charge in [-0.3, -0.25) is 0 Å². The Morgan fingerprint density at radius 2 is 1.65 bits per heavy atom. The molecular weight excluding hydrogens is 272 g/mol. The van der Waals surface area contributed by atoms with Gasteiger partial charge in [0.15, 0.2) is 0 Å². The molecule has 3 aromatic rings. The fourth-order valence-corrected chi connectivity index (χ4v) is 4.29. The van der Waals surface area contributed by atoms with Crippen LogP contribution in [-0.2, 0) is 22.1 Å². The molecule has 0 fully saturated rings. The van der Waals surface area contributed by atoms with E-state index in [4.69, 9.17) is 0 Å². The molecule has 0 amide bonds. The molecule has 2 aromatic carbocycles. The van der Waals surface area contributed by atoms with E-state index >= 15 is 0 Å². The van der Waals surface area contributed by atoms with Gasteiger partial charge in [0.05, 0.1) is 23.3 Å². The number of hydrogen-bond acceptors (Lipinski definition) is 3. The van der Waals surface area contributed by atoms with E-state index in [2.05, 4.69) is 4.98 Å². The van der Waals surface area contributed by atoms with Gasteiger partial charge in [0.2, 0.25) is 15.0 Å². The summed E-state index contributed by atoms with van der Waals surface area (Å²) in [5, 5.41) is 0.176. The Labute approximate surface area is 116 Å². The second-order valence-corrected chi connectivity index (χ2v) is 6.88. The first-order valence-electron chi connectivity index (χ1n) is 6.40. The van der Waals surface area contributed by atoms with Gasteiger partial charge in [-0.2, -0.15) is 0 Å². The molecular formula is C15H12N2O2S. The molecule has 0 radical (unpaired) electrons. The third-order valence-corrected chi connectivity index (χ3v) is 5.25. The molecule has 0 saturated heterocycles. The minimum atomic E-state index is -3.40. The highest BCUT2D eigenvalue weighted by molar-refractivity contribution is 7.90. The number of rotatable bonds is 0. The van der Waals surface area contributed by atoms with Gasteiger partial charge in [-0.25, -0.2) is 13.4 Å². The number of nitrogens with zero attached hydrogens (tertiary/aromatic N) is 2. The van der Waals surface area contributed by atoms with Gasteiger partial charge in [0.1, 0.15) is 0 Å². The van der Waals surface area contributed by atoms with Crippen LogP contribution in [0.15, 0.2) is 53.7 Å². The lowest BCUT2D eigenvalue weighted by Gasteiger charge is -2.06. The maximum atomic E-state index is 12.5. The molecule has 0 bridgehead atoms. The molecule has 0 atom stereocenters. The van der Waals surface area contributed by atoms with E-state index in [1.54, 1.807) is 4.57 Å². The minimum absolute atomic E-state index is 0.0203. The molecule has 0 unspecified atom stereocenters. The van der Waals surface area contributed by atoms with Gasteiger partial charge < -0.3 is 4.57 Å². The molecule has 1 aliphatic heterocycles. The number of hydrogen-bond donors (Lipinski definition) is 0. The van der Waals surface area contributed by atoms with E-state index in [9.17, 15) is 8.42 Å². The highest BCUT2D eigenvalue weighted by atomic mass is 32.2. The summed E-state index contributed by atoms with van der Waals surface area (Å²) in [6.45, 7) is 0.547. The molecule has 0 N–H and O–H groups in total. The molecule has 0 spiro atoms. The van der Waals surface area contributed by atoms with Crippen LogP contribution >= 0.6 is 0 Å². The predicted octanol–water partition coefficient (Wildman–Crippen LogP) is 2.37. The molecule has 1 aliphatic rings. The largest absolute Gasteiger partial charge is 0.310 e. The second kappa shape index (κ2) is 3.93. The van der Waals surface area contributed by atoms with Crippen molar-refractivity contribution < 1.29 is 8.42 Å². The van der Waals surface area contributed by atoms with Gasteiger partial charge in [-0.15, -0.1) is 0 Å². The fourth-order valence-electron chi connectivity index (χ4n) is 2.74. The van der Waals surface area contributed by atoms with E-state index in [1.165, 1.54) is 0 Å². The summed E-state index contributed by atoms with van der Waals surface area (Å²) < 4.78 is 26.9. The smallest absolute Gasteiger partial charge is 0.229 e. The number of imidazole rings is 1. The number of para-hydroxylation sites is 2. The van der Waals surface area contributed by atoms with Crippen LogP contribution in [0.3, 0.4) is 0 Å². The molecule has 1 aromatic heterocycles. The first-order chi connectivity index (χ1) is 9.65. The Bertz CT molecular complexity index is 926. The second-order valence-electron chi connectivity index (χ2n) is 5.00. The SMILES string of the molecule is O=S1(=O)Cc2ccccc2Cn2c1nc1ccccc12. The quantitative estimate of drug-likeness (QED) is 0.637. The van der Waals surface area contributed by atoms with Gasteiger partial charge in [0.25, 0.3) is 0 Å². The zero-order chi connectivity index (χ0) is 13.7. The third kappa shape index (κ3) is 1.59. The monoisotopic (exact) mass is 284 g/mol. The molecule has 4 rings (SSSR count). The lowest BCUT2D eigenvalue weighted by molar-refractivity contribution is 0.579. The van der Waals surface area contributed by atoms with Gasteiger partial charge in [-0.05, 0) is 23.3 Å². The van der Waals surface area contributed by atoms with Crippen LogP contribution in [0, 0.1) is 0 Å². The van der Waals surface area contributed by atoms with Crippen molar-refractivity contribution in [3.63, 3.8) is 0 Å². The Balaban J connectivity index is 2.09. The first kappa shape index (κ1) is 11.7. The van der Waals surface area contributed by atoms with Crippen molar-refractivity contribution in [3.05, 3.63) is 59.7 Å². The minimum Gasteiger partial charge on any atom is -0.310 e. The topological polar surface area (TPSA) is 52.0 Å². The first-order valence-corrected chi connectivity index (χ1v) is 8.05. The number of sulfone groups is 1. The summed E-state index contributed by atoms with van der Waals surface area (Å²) in [6.07, 6.45) is 0. The van der Waals surface area contributed by atoms with E-state index in [1.807, 2.05) is 48.5 Å². The average molecular weight is 284 g/mol. The summed E-state index contributed by atoms with van der Waals surface area (Å²) >= 11 is 0. The fraction of sp³-hybridized carbons (Fsp3) is 0.133. The van der Waals surface area contributed by atoms with Gasteiger partial charge in [-0.1, -0.05) is 36.4 Å². The van der Waals surface area contributed by atoms with Gasteiger partial charge in [0, 0.05) is 0 Å². The van der Waals surface area contributed by atoms with E-state index < -0.39 is 9.84 Å². The van der Waals surface area contributed by atoms with Crippen molar-refractivity contribution in [3.8, 4) is 0 Å². The summed E-state index contributed by atoms with van der Waals surface area (Å²) in [6, 6.07) is 15.2. The Morgan fingerprint density at radius 3 is 2.50 bits per heavy atom. The van der Waals surface area contributed by atoms with Crippen LogP contribution in [0.2, 0.25) is 0 Å². The van der Waals surface area contributed by atoms with Crippen LogP contribution in [0.25, 0.3) is 11.0 Å². The average Bonchev–Trinajstić information content (AvgIpc) is 2.76. The molecule has 4 nitrogen and oxygen atoms in total. The lowest BCUT2D eigenvalue weighted by Crippen LogP contribution is -2.09. The highest BCUT2D eigenvalue weighted by Crippen LogP contribution is 2.28. The number of fused-ring (bicyclic) bond motifs is 4. The van der Waals surface area contributed by atoms with Crippen LogP contribution in [0.4, 0.5) is 0 Å². The van der Waals surface area contributed by atoms with Crippen molar-refractivity contribution in [2.24, 2.45) is 0 Å². The molecule has 20 heavy (non-hydrogen) atoms. The third-order valence-electron chi connectivity index (χ3n) is 3.69. The Kier molecular flexibility index (Phi) is 2.29. The van der Waals surface area contributed by atoms with Crippen molar-refractivity contribution >= 4 is 20.9 Å². The van der Waals surface area contributed by atoms with E-state index in [-0.39, 0.29) is 10.9 Å². The van der Waals surface area contributed by atoms with Crippen LogP contribution < -0.4 is 0 Å². The van der Waals surface area contributed by atoms with Crippen LogP contribution in [-0.4, -0.2) is 18.0 Å². The molecule has 100 valence electrons. The van der Waals surface area contributed by atoms with Crippen LogP contribution in [0.5, 0.6) is 0 Å². The van der Waals surface area contributed by atoms with Crippen molar-refractivity contribution in [1.29, 1.82) is 0 Å². The summed E-state index contributed by atoms with van der Waals surface area (Å²) in [5.41, 5.74) is 3.49. The molecule has 0 saturated carbocycles. The summed E-state index contributed by atoms with van der Waals surface area (Å²) in [7, 11) is -3.40. The van der Waals surface area contributed by atoms with E-state index in [0.29, 0.717) is 6.54 Å². The molecule has 5 heteroatoms.